The largest absolute Gasteiger partial charge is 0.495 e. The van der Waals surface area contributed by atoms with Crippen molar-refractivity contribution in [3.05, 3.63) is 47.8 Å². The fourth-order valence-electron chi connectivity index (χ4n) is 3.36. The molecule has 0 amide bonds. The first kappa shape index (κ1) is 15.9. The number of rotatable bonds is 4. The summed E-state index contributed by atoms with van der Waals surface area (Å²) in [7, 11) is 3.74. The highest BCUT2D eigenvalue weighted by Gasteiger charge is 2.44. The molecule has 2 heterocycles. The SMILES string of the molecule is COc1ccc(C2(N(C)c3nc4ccc(C#N)cc4s3)CCC2)nc1. The van der Waals surface area contributed by atoms with Gasteiger partial charge in [-0.1, -0.05) is 11.3 Å². The van der Waals surface area contributed by atoms with Crippen LogP contribution in [0.5, 0.6) is 5.75 Å². The Morgan fingerprint density at radius 3 is 2.72 bits per heavy atom. The van der Waals surface area contributed by atoms with Gasteiger partial charge in [-0.3, -0.25) is 4.98 Å². The Balaban J connectivity index is 1.72. The number of thiazole rings is 1. The first-order chi connectivity index (χ1) is 12.2. The van der Waals surface area contributed by atoms with E-state index in [1.807, 2.05) is 24.3 Å². The molecule has 25 heavy (non-hydrogen) atoms. The summed E-state index contributed by atoms with van der Waals surface area (Å²) in [5, 5.41) is 10.0. The van der Waals surface area contributed by atoms with Crippen LogP contribution in [0, 0.1) is 11.3 Å². The third-order valence-electron chi connectivity index (χ3n) is 5.06. The molecule has 126 valence electrons. The molecule has 5 nitrogen and oxygen atoms in total. The van der Waals surface area contributed by atoms with Crippen molar-refractivity contribution >= 4 is 26.7 Å². The lowest BCUT2D eigenvalue weighted by atomic mass is 9.73. The van der Waals surface area contributed by atoms with Crippen molar-refractivity contribution in [2.24, 2.45) is 0 Å². The maximum Gasteiger partial charge on any atom is 0.186 e. The summed E-state index contributed by atoms with van der Waals surface area (Å²) in [5.41, 5.74) is 2.54. The van der Waals surface area contributed by atoms with Gasteiger partial charge >= 0.3 is 0 Å². The van der Waals surface area contributed by atoms with Gasteiger partial charge < -0.3 is 9.64 Å². The Hall–Kier alpha value is -2.65. The van der Waals surface area contributed by atoms with E-state index in [1.54, 1.807) is 24.6 Å². The van der Waals surface area contributed by atoms with Crippen LogP contribution in [0.15, 0.2) is 36.5 Å². The lowest BCUT2D eigenvalue weighted by molar-refractivity contribution is 0.233. The van der Waals surface area contributed by atoms with Crippen LogP contribution in [0.1, 0.15) is 30.5 Å². The summed E-state index contributed by atoms with van der Waals surface area (Å²) in [6, 6.07) is 11.8. The standard InChI is InChI=1S/C19H18N4OS/c1-23(18-22-15-6-4-13(11-20)10-16(15)25-18)19(8-3-9-19)17-7-5-14(24-2)12-21-17/h4-7,10,12H,3,8-9H2,1-2H3. The van der Waals surface area contributed by atoms with Gasteiger partial charge in [0, 0.05) is 7.05 Å². The Morgan fingerprint density at radius 2 is 2.12 bits per heavy atom. The number of hydrogen-bond acceptors (Lipinski definition) is 6. The molecule has 1 aliphatic carbocycles. The molecule has 0 aliphatic heterocycles. The molecule has 0 N–H and O–H groups in total. The van der Waals surface area contributed by atoms with Crippen molar-refractivity contribution in [3.8, 4) is 11.8 Å². The number of fused-ring (bicyclic) bond motifs is 1. The first-order valence-electron chi connectivity index (χ1n) is 8.21. The average Bonchev–Trinajstić information content (AvgIpc) is 3.04. The van der Waals surface area contributed by atoms with Crippen molar-refractivity contribution in [2.45, 2.75) is 24.8 Å². The minimum Gasteiger partial charge on any atom is -0.495 e. The van der Waals surface area contributed by atoms with Crippen LogP contribution < -0.4 is 9.64 Å². The van der Waals surface area contributed by atoms with E-state index in [0.717, 1.165) is 39.6 Å². The molecule has 2 aromatic heterocycles. The molecule has 0 unspecified atom stereocenters. The second kappa shape index (κ2) is 6.01. The van der Waals surface area contributed by atoms with Gasteiger partial charge in [-0.2, -0.15) is 5.26 Å². The van der Waals surface area contributed by atoms with Crippen LogP contribution in [0.25, 0.3) is 10.2 Å². The topological polar surface area (TPSA) is 62.0 Å². The molecule has 6 heteroatoms. The highest BCUT2D eigenvalue weighted by Crippen LogP contribution is 2.48. The average molecular weight is 350 g/mol. The normalized spacial score (nSPS) is 15.4. The quantitative estimate of drug-likeness (QED) is 0.709. The van der Waals surface area contributed by atoms with E-state index in [2.05, 4.69) is 29.1 Å². The molecule has 1 aromatic carbocycles. The second-order valence-corrected chi connectivity index (χ2v) is 7.33. The second-order valence-electron chi connectivity index (χ2n) is 6.32. The summed E-state index contributed by atoms with van der Waals surface area (Å²) in [5.74, 6) is 0.768. The van der Waals surface area contributed by atoms with Crippen molar-refractivity contribution in [1.82, 2.24) is 9.97 Å². The van der Waals surface area contributed by atoms with E-state index >= 15 is 0 Å². The van der Waals surface area contributed by atoms with Crippen LogP contribution in [0.4, 0.5) is 5.13 Å². The van der Waals surface area contributed by atoms with Gasteiger partial charge in [-0.25, -0.2) is 4.98 Å². The number of anilines is 1. The van der Waals surface area contributed by atoms with E-state index in [9.17, 15) is 0 Å². The molecule has 0 saturated heterocycles. The van der Waals surface area contributed by atoms with Gasteiger partial charge in [0.2, 0.25) is 0 Å². The summed E-state index contributed by atoms with van der Waals surface area (Å²) in [6.45, 7) is 0. The van der Waals surface area contributed by atoms with Gasteiger partial charge in [0.05, 0.1) is 46.4 Å². The first-order valence-corrected chi connectivity index (χ1v) is 9.03. The van der Waals surface area contributed by atoms with Crippen LogP contribution in [-0.4, -0.2) is 24.1 Å². The maximum atomic E-state index is 9.09. The zero-order valence-corrected chi connectivity index (χ0v) is 15.0. The number of aromatic nitrogens is 2. The highest BCUT2D eigenvalue weighted by molar-refractivity contribution is 7.22. The number of nitriles is 1. The summed E-state index contributed by atoms with van der Waals surface area (Å²) < 4.78 is 6.27. The lowest BCUT2D eigenvalue weighted by Crippen LogP contribution is -2.50. The zero-order chi connectivity index (χ0) is 17.4. The van der Waals surface area contributed by atoms with Gasteiger partial charge in [0.15, 0.2) is 5.13 Å². The van der Waals surface area contributed by atoms with Gasteiger partial charge in [-0.15, -0.1) is 0 Å². The maximum absolute atomic E-state index is 9.09. The zero-order valence-electron chi connectivity index (χ0n) is 14.2. The molecular weight excluding hydrogens is 332 g/mol. The smallest absolute Gasteiger partial charge is 0.186 e. The lowest BCUT2D eigenvalue weighted by Gasteiger charge is -2.48. The predicted octanol–water partition coefficient (Wildman–Crippen LogP) is 4.09. The van der Waals surface area contributed by atoms with Crippen molar-refractivity contribution in [2.75, 3.05) is 19.1 Å². The van der Waals surface area contributed by atoms with Crippen LogP contribution in [0.3, 0.4) is 0 Å². The number of nitrogens with zero attached hydrogens (tertiary/aromatic N) is 4. The third kappa shape index (κ3) is 2.52. The van der Waals surface area contributed by atoms with Gasteiger partial charge in [0.1, 0.15) is 5.75 Å². The Labute approximate surface area is 150 Å². The number of ether oxygens (including phenoxy) is 1. The number of methoxy groups -OCH3 is 1. The Kier molecular flexibility index (Phi) is 3.81. The summed E-state index contributed by atoms with van der Waals surface area (Å²) in [6.07, 6.45) is 5.08. The molecule has 0 radical (unpaired) electrons. The van der Waals surface area contributed by atoms with Crippen LogP contribution in [-0.2, 0) is 5.54 Å². The summed E-state index contributed by atoms with van der Waals surface area (Å²) >= 11 is 1.62. The van der Waals surface area contributed by atoms with Crippen molar-refractivity contribution < 1.29 is 4.74 Å². The summed E-state index contributed by atoms with van der Waals surface area (Å²) in [4.78, 5) is 11.7. The molecule has 0 bridgehead atoms. The van der Waals surface area contributed by atoms with Crippen molar-refractivity contribution in [3.63, 3.8) is 0 Å². The van der Waals surface area contributed by atoms with Gasteiger partial charge in [-0.05, 0) is 49.6 Å². The minimum atomic E-state index is -0.113. The molecule has 4 rings (SSSR count). The predicted molar refractivity (Wildman–Crippen MR) is 99.1 cm³/mol. The van der Waals surface area contributed by atoms with E-state index in [0.29, 0.717) is 5.56 Å². The monoisotopic (exact) mass is 350 g/mol. The molecular formula is C19H18N4OS. The molecule has 0 spiro atoms. The highest BCUT2D eigenvalue weighted by atomic mass is 32.1. The molecule has 3 aromatic rings. The van der Waals surface area contributed by atoms with E-state index in [1.165, 1.54) is 6.42 Å². The molecule has 1 saturated carbocycles. The number of benzene rings is 1. The molecule has 1 aliphatic rings. The molecule has 1 fully saturated rings. The van der Waals surface area contributed by atoms with Gasteiger partial charge in [0.25, 0.3) is 0 Å². The van der Waals surface area contributed by atoms with Crippen molar-refractivity contribution in [1.29, 1.82) is 5.26 Å². The number of hydrogen-bond donors (Lipinski definition) is 0. The van der Waals surface area contributed by atoms with E-state index in [-0.39, 0.29) is 5.54 Å². The van der Waals surface area contributed by atoms with E-state index < -0.39 is 0 Å². The van der Waals surface area contributed by atoms with E-state index in [4.69, 9.17) is 15.0 Å². The Bertz CT molecular complexity index is 954. The Morgan fingerprint density at radius 1 is 1.28 bits per heavy atom. The molecule has 0 atom stereocenters. The third-order valence-corrected chi connectivity index (χ3v) is 6.16. The fourth-order valence-corrected chi connectivity index (χ4v) is 4.42. The minimum absolute atomic E-state index is 0.113. The van der Waals surface area contributed by atoms with Crippen LogP contribution >= 0.6 is 11.3 Å². The van der Waals surface area contributed by atoms with Crippen LogP contribution in [0.2, 0.25) is 0 Å². The number of pyridine rings is 1. The fraction of sp³-hybridized carbons (Fsp3) is 0.316.